The number of piperazine rings is 1. The van der Waals surface area contributed by atoms with Crippen LogP contribution in [0.25, 0.3) is 0 Å². The molecule has 0 N–H and O–H groups in total. The fourth-order valence-corrected chi connectivity index (χ4v) is 2.99. The molecule has 1 fully saturated rings. The molecule has 0 spiro atoms. The van der Waals surface area contributed by atoms with E-state index in [0.717, 1.165) is 44.8 Å². The van der Waals surface area contributed by atoms with Crippen molar-refractivity contribution in [2.45, 2.75) is 65.0 Å². The Labute approximate surface area is 134 Å². The molecular weight excluding hydrogens is 276 g/mol. The van der Waals surface area contributed by atoms with Gasteiger partial charge >= 0.3 is 0 Å². The van der Waals surface area contributed by atoms with Gasteiger partial charge in [-0.2, -0.15) is 0 Å². The number of hydrogen-bond acceptors (Lipinski definition) is 5. The first-order valence-corrected chi connectivity index (χ1v) is 8.71. The summed E-state index contributed by atoms with van der Waals surface area (Å²) in [6.45, 7) is 13.3. The predicted molar refractivity (Wildman–Crippen MR) is 88.8 cm³/mol. The normalized spacial score (nSPS) is 19.5. The van der Waals surface area contributed by atoms with Gasteiger partial charge in [0.1, 0.15) is 0 Å². The lowest BCUT2D eigenvalue weighted by molar-refractivity contribution is 0.0946. The number of unbranched alkanes of at least 4 members (excludes halogenated alkanes) is 1. The largest absolute Gasteiger partial charge is 0.304 e. The number of nitrogens with zero attached hydrogens (tertiary/aromatic N) is 6. The van der Waals surface area contributed by atoms with E-state index in [1.54, 1.807) is 0 Å². The van der Waals surface area contributed by atoms with Gasteiger partial charge in [-0.25, -0.2) is 4.68 Å². The number of hydrogen-bond donors (Lipinski definition) is 0. The Morgan fingerprint density at radius 1 is 1.14 bits per heavy atom. The van der Waals surface area contributed by atoms with Crippen molar-refractivity contribution in [2.75, 3.05) is 33.2 Å². The minimum absolute atomic E-state index is 0.0319. The zero-order valence-corrected chi connectivity index (χ0v) is 14.9. The molecule has 1 saturated heterocycles. The van der Waals surface area contributed by atoms with Crippen molar-refractivity contribution in [1.82, 2.24) is 30.0 Å². The standard InChI is InChI=1S/C16H32N6/c1-6-8-9-14(21-12-10-20(5)11-13-21)15-17-18-19-22(15)16(3,4)7-2/h14H,6-13H2,1-5H3. The van der Waals surface area contributed by atoms with Crippen LogP contribution in [0, 0.1) is 0 Å². The summed E-state index contributed by atoms with van der Waals surface area (Å²) in [5, 5.41) is 12.7. The molecule has 6 nitrogen and oxygen atoms in total. The Morgan fingerprint density at radius 2 is 1.82 bits per heavy atom. The van der Waals surface area contributed by atoms with Gasteiger partial charge in [-0.3, -0.25) is 4.90 Å². The molecule has 0 aliphatic carbocycles. The van der Waals surface area contributed by atoms with E-state index in [2.05, 4.69) is 64.7 Å². The fourth-order valence-electron chi connectivity index (χ4n) is 2.99. The van der Waals surface area contributed by atoms with E-state index in [4.69, 9.17) is 0 Å². The maximum atomic E-state index is 4.42. The van der Waals surface area contributed by atoms with E-state index in [-0.39, 0.29) is 5.54 Å². The van der Waals surface area contributed by atoms with E-state index in [9.17, 15) is 0 Å². The van der Waals surface area contributed by atoms with E-state index >= 15 is 0 Å². The molecule has 2 heterocycles. The summed E-state index contributed by atoms with van der Waals surface area (Å²) in [7, 11) is 2.20. The van der Waals surface area contributed by atoms with Crippen molar-refractivity contribution in [3.05, 3.63) is 5.82 Å². The predicted octanol–water partition coefficient (Wildman–Crippen LogP) is 2.30. The van der Waals surface area contributed by atoms with Crippen LogP contribution < -0.4 is 0 Å². The third kappa shape index (κ3) is 3.84. The summed E-state index contributed by atoms with van der Waals surface area (Å²) in [5.41, 5.74) is -0.0319. The molecule has 0 aromatic carbocycles. The molecule has 1 aromatic rings. The Morgan fingerprint density at radius 3 is 2.41 bits per heavy atom. The summed E-state index contributed by atoms with van der Waals surface area (Å²) < 4.78 is 2.06. The zero-order valence-electron chi connectivity index (χ0n) is 14.9. The van der Waals surface area contributed by atoms with Gasteiger partial charge in [0, 0.05) is 26.2 Å². The van der Waals surface area contributed by atoms with E-state index < -0.39 is 0 Å². The van der Waals surface area contributed by atoms with Crippen LogP contribution in [0.2, 0.25) is 0 Å². The first kappa shape index (κ1) is 17.3. The molecular formula is C16H32N6. The molecule has 0 amide bonds. The average molecular weight is 308 g/mol. The van der Waals surface area contributed by atoms with Crippen molar-refractivity contribution in [1.29, 1.82) is 0 Å². The summed E-state index contributed by atoms with van der Waals surface area (Å²) in [5.74, 6) is 1.05. The number of rotatable bonds is 7. The van der Waals surface area contributed by atoms with Crippen molar-refractivity contribution < 1.29 is 0 Å². The molecule has 0 saturated carbocycles. The topological polar surface area (TPSA) is 50.1 Å². The van der Waals surface area contributed by atoms with Gasteiger partial charge in [-0.1, -0.05) is 26.7 Å². The highest BCUT2D eigenvalue weighted by Gasteiger charge is 2.32. The second-order valence-electron chi connectivity index (χ2n) is 7.11. The smallest absolute Gasteiger partial charge is 0.168 e. The zero-order chi connectivity index (χ0) is 16.2. The summed E-state index contributed by atoms with van der Waals surface area (Å²) in [4.78, 5) is 4.97. The molecule has 0 radical (unpaired) electrons. The lowest BCUT2D eigenvalue weighted by Gasteiger charge is -2.38. The highest BCUT2D eigenvalue weighted by molar-refractivity contribution is 4.98. The van der Waals surface area contributed by atoms with Crippen LogP contribution in [0.3, 0.4) is 0 Å². The second kappa shape index (κ2) is 7.51. The van der Waals surface area contributed by atoms with Gasteiger partial charge in [-0.05, 0) is 44.2 Å². The Kier molecular flexibility index (Phi) is 5.92. The van der Waals surface area contributed by atoms with Gasteiger partial charge in [0.15, 0.2) is 5.82 Å². The van der Waals surface area contributed by atoms with Crippen LogP contribution in [0.15, 0.2) is 0 Å². The van der Waals surface area contributed by atoms with Gasteiger partial charge in [0.2, 0.25) is 0 Å². The van der Waals surface area contributed by atoms with Gasteiger partial charge in [0.25, 0.3) is 0 Å². The molecule has 1 atom stereocenters. The van der Waals surface area contributed by atoms with E-state index in [1.165, 1.54) is 12.8 Å². The first-order chi connectivity index (χ1) is 10.5. The van der Waals surface area contributed by atoms with Crippen molar-refractivity contribution in [3.8, 4) is 0 Å². The molecule has 22 heavy (non-hydrogen) atoms. The highest BCUT2D eigenvalue weighted by atomic mass is 15.6. The average Bonchev–Trinajstić information content (AvgIpc) is 2.99. The maximum absolute atomic E-state index is 4.42. The number of aromatic nitrogens is 4. The fraction of sp³-hybridized carbons (Fsp3) is 0.938. The third-order valence-electron chi connectivity index (χ3n) is 5.04. The molecule has 126 valence electrons. The van der Waals surface area contributed by atoms with Gasteiger partial charge < -0.3 is 4.90 Å². The molecule has 2 rings (SSSR count). The van der Waals surface area contributed by atoms with Crippen molar-refractivity contribution in [2.24, 2.45) is 0 Å². The van der Waals surface area contributed by atoms with E-state index in [1.807, 2.05) is 0 Å². The second-order valence-corrected chi connectivity index (χ2v) is 7.11. The van der Waals surface area contributed by atoms with Crippen LogP contribution in [-0.4, -0.2) is 63.2 Å². The SMILES string of the molecule is CCCCC(c1nnnn1C(C)(C)CC)N1CCN(C)CC1. The van der Waals surface area contributed by atoms with Crippen LogP contribution >= 0.6 is 0 Å². The molecule has 1 aromatic heterocycles. The number of tetrazole rings is 1. The summed E-state index contributed by atoms with van der Waals surface area (Å²) in [6.07, 6.45) is 4.59. The summed E-state index contributed by atoms with van der Waals surface area (Å²) in [6, 6.07) is 0.342. The molecule has 6 heteroatoms. The maximum Gasteiger partial charge on any atom is 0.168 e. The lowest BCUT2D eigenvalue weighted by Crippen LogP contribution is -2.47. The minimum atomic E-state index is -0.0319. The van der Waals surface area contributed by atoms with Crippen LogP contribution in [0.1, 0.15) is 65.2 Å². The highest BCUT2D eigenvalue weighted by Crippen LogP contribution is 2.29. The summed E-state index contributed by atoms with van der Waals surface area (Å²) >= 11 is 0. The minimum Gasteiger partial charge on any atom is -0.304 e. The lowest BCUT2D eigenvalue weighted by atomic mass is 10.00. The van der Waals surface area contributed by atoms with E-state index in [0.29, 0.717) is 6.04 Å². The van der Waals surface area contributed by atoms with Crippen molar-refractivity contribution in [3.63, 3.8) is 0 Å². The van der Waals surface area contributed by atoms with Gasteiger partial charge in [0.05, 0.1) is 11.6 Å². The quantitative estimate of drug-likeness (QED) is 0.773. The Bertz CT molecular complexity index is 447. The Hall–Kier alpha value is -1.01. The number of likely N-dealkylation sites (N-methyl/N-ethyl adjacent to an activating group) is 1. The molecule has 1 aliphatic heterocycles. The van der Waals surface area contributed by atoms with Crippen LogP contribution in [-0.2, 0) is 5.54 Å². The molecule has 1 unspecified atom stereocenters. The Balaban J connectivity index is 2.24. The third-order valence-corrected chi connectivity index (χ3v) is 5.04. The van der Waals surface area contributed by atoms with Gasteiger partial charge in [-0.15, -0.1) is 5.10 Å². The molecule has 1 aliphatic rings. The molecule has 0 bridgehead atoms. The van der Waals surface area contributed by atoms with Crippen LogP contribution in [0.5, 0.6) is 0 Å². The first-order valence-electron chi connectivity index (χ1n) is 8.71. The van der Waals surface area contributed by atoms with Crippen molar-refractivity contribution >= 4 is 0 Å². The monoisotopic (exact) mass is 308 g/mol. The van der Waals surface area contributed by atoms with Crippen LogP contribution in [0.4, 0.5) is 0 Å².